The maximum atomic E-state index is 12.3. The highest BCUT2D eigenvalue weighted by Crippen LogP contribution is 2.30. The molecule has 1 aliphatic heterocycles. The number of aromatic nitrogens is 3. The van der Waals surface area contributed by atoms with E-state index in [1.807, 2.05) is 6.20 Å². The number of carbonyl (C=O) groups excluding carboxylic acids is 1. The van der Waals surface area contributed by atoms with Crippen LogP contribution in [0.15, 0.2) is 36.0 Å². The molecule has 1 saturated heterocycles. The number of anilines is 1. The van der Waals surface area contributed by atoms with E-state index in [2.05, 4.69) is 37.8 Å². The van der Waals surface area contributed by atoms with Crippen molar-refractivity contribution in [3.8, 4) is 0 Å². The van der Waals surface area contributed by atoms with Gasteiger partial charge >= 0.3 is 0 Å². The lowest BCUT2D eigenvalue weighted by Crippen LogP contribution is -2.45. The van der Waals surface area contributed by atoms with Crippen LogP contribution in [0.1, 0.15) is 23.3 Å². The number of fused-ring (bicyclic) bond motifs is 1. The lowest BCUT2D eigenvalue weighted by molar-refractivity contribution is 0.0921. The van der Waals surface area contributed by atoms with Crippen molar-refractivity contribution in [3.05, 3.63) is 41.7 Å². The van der Waals surface area contributed by atoms with Gasteiger partial charge in [-0.2, -0.15) is 5.10 Å². The van der Waals surface area contributed by atoms with Gasteiger partial charge in [-0.15, -0.1) is 11.3 Å². The molecule has 124 valence electrons. The standard InChI is InChI=1S/C17H19N5OS/c1-21-14(2-8-19-21)17(23)20-12-4-9-22(10-5-12)16-13-6-11-24-15(13)3-7-18-16/h2-3,6-8,11-12H,4-5,9-10H2,1H3,(H,20,23). The first-order valence-corrected chi connectivity index (χ1v) is 8.96. The summed E-state index contributed by atoms with van der Waals surface area (Å²) in [7, 11) is 1.78. The number of pyridine rings is 1. The largest absolute Gasteiger partial charge is 0.356 e. The maximum Gasteiger partial charge on any atom is 0.269 e. The van der Waals surface area contributed by atoms with Crippen molar-refractivity contribution >= 4 is 33.1 Å². The number of carbonyl (C=O) groups is 1. The van der Waals surface area contributed by atoms with Gasteiger partial charge in [-0.25, -0.2) is 4.98 Å². The predicted octanol–water partition coefficient (Wildman–Crippen LogP) is 2.43. The fourth-order valence-electron chi connectivity index (χ4n) is 3.22. The van der Waals surface area contributed by atoms with Crippen LogP contribution in [0.5, 0.6) is 0 Å². The molecule has 1 aliphatic rings. The Morgan fingerprint density at radius 3 is 2.83 bits per heavy atom. The molecule has 6 nitrogen and oxygen atoms in total. The highest BCUT2D eigenvalue weighted by atomic mass is 32.1. The zero-order valence-corrected chi connectivity index (χ0v) is 14.3. The summed E-state index contributed by atoms with van der Waals surface area (Å²) in [6.45, 7) is 1.80. The molecular formula is C17H19N5OS. The number of nitrogens with one attached hydrogen (secondary N) is 1. The molecule has 7 heteroatoms. The number of piperidine rings is 1. The predicted molar refractivity (Wildman–Crippen MR) is 95.5 cm³/mol. The fraction of sp³-hybridized carbons (Fsp3) is 0.353. The van der Waals surface area contributed by atoms with Gasteiger partial charge in [0, 0.05) is 48.7 Å². The highest BCUT2D eigenvalue weighted by molar-refractivity contribution is 7.17. The van der Waals surface area contributed by atoms with Crippen molar-refractivity contribution in [1.82, 2.24) is 20.1 Å². The third-order valence-corrected chi connectivity index (χ3v) is 5.42. The molecule has 1 amide bonds. The van der Waals surface area contributed by atoms with Crippen molar-refractivity contribution in [1.29, 1.82) is 0 Å². The summed E-state index contributed by atoms with van der Waals surface area (Å²) in [5.74, 6) is 1.01. The zero-order chi connectivity index (χ0) is 16.5. The first kappa shape index (κ1) is 15.1. The second-order valence-corrected chi connectivity index (χ2v) is 6.99. The topological polar surface area (TPSA) is 63.1 Å². The van der Waals surface area contributed by atoms with E-state index in [0.717, 1.165) is 31.7 Å². The molecule has 0 spiro atoms. The maximum absolute atomic E-state index is 12.3. The third-order valence-electron chi connectivity index (χ3n) is 4.54. The van der Waals surface area contributed by atoms with E-state index in [4.69, 9.17) is 0 Å². The Labute approximate surface area is 144 Å². The molecule has 3 aromatic rings. The molecular weight excluding hydrogens is 322 g/mol. The number of hydrogen-bond donors (Lipinski definition) is 1. The number of thiophene rings is 1. The van der Waals surface area contributed by atoms with E-state index in [1.54, 1.807) is 35.3 Å². The van der Waals surface area contributed by atoms with E-state index >= 15 is 0 Å². The summed E-state index contributed by atoms with van der Waals surface area (Å²) in [6.07, 6.45) is 5.37. The fourth-order valence-corrected chi connectivity index (χ4v) is 4.00. The van der Waals surface area contributed by atoms with Crippen molar-refractivity contribution in [2.75, 3.05) is 18.0 Å². The van der Waals surface area contributed by atoms with Crippen molar-refractivity contribution < 1.29 is 4.79 Å². The average Bonchev–Trinajstić information content (AvgIpc) is 3.23. The minimum Gasteiger partial charge on any atom is -0.356 e. The van der Waals surface area contributed by atoms with Gasteiger partial charge in [0.2, 0.25) is 0 Å². The summed E-state index contributed by atoms with van der Waals surface area (Å²) in [6, 6.07) is 6.14. The monoisotopic (exact) mass is 341 g/mol. The second kappa shape index (κ2) is 6.24. The molecule has 0 aromatic carbocycles. The first-order chi connectivity index (χ1) is 11.7. The van der Waals surface area contributed by atoms with Crippen LogP contribution in [0.4, 0.5) is 5.82 Å². The van der Waals surface area contributed by atoms with Gasteiger partial charge in [0.25, 0.3) is 5.91 Å². The molecule has 0 bridgehead atoms. The van der Waals surface area contributed by atoms with Gasteiger partial charge < -0.3 is 10.2 Å². The highest BCUT2D eigenvalue weighted by Gasteiger charge is 2.23. The Bertz CT molecular complexity index is 863. The molecule has 0 saturated carbocycles. The molecule has 0 atom stereocenters. The lowest BCUT2D eigenvalue weighted by Gasteiger charge is -2.33. The number of hydrogen-bond acceptors (Lipinski definition) is 5. The molecule has 0 aliphatic carbocycles. The van der Waals surface area contributed by atoms with E-state index < -0.39 is 0 Å². The number of amides is 1. The SMILES string of the molecule is Cn1nccc1C(=O)NC1CCN(c2nccc3sccc23)CC1. The summed E-state index contributed by atoms with van der Waals surface area (Å²) in [4.78, 5) is 19.2. The smallest absolute Gasteiger partial charge is 0.269 e. The minimum atomic E-state index is -0.0495. The molecule has 0 radical (unpaired) electrons. The summed E-state index contributed by atoms with van der Waals surface area (Å²) in [5.41, 5.74) is 0.599. The zero-order valence-electron chi connectivity index (χ0n) is 13.5. The minimum absolute atomic E-state index is 0.0495. The molecule has 0 unspecified atom stereocenters. The van der Waals surface area contributed by atoms with Crippen molar-refractivity contribution in [2.24, 2.45) is 7.05 Å². The Kier molecular flexibility index (Phi) is 3.93. The Morgan fingerprint density at radius 1 is 1.25 bits per heavy atom. The van der Waals surface area contributed by atoms with E-state index in [0.29, 0.717) is 5.69 Å². The second-order valence-electron chi connectivity index (χ2n) is 6.04. The normalized spacial score (nSPS) is 15.8. The van der Waals surface area contributed by atoms with E-state index in [-0.39, 0.29) is 11.9 Å². The first-order valence-electron chi connectivity index (χ1n) is 8.08. The molecule has 4 heterocycles. The quantitative estimate of drug-likeness (QED) is 0.795. The Morgan fingerprint density at radius 2 is 2.08 bits per heavy atom. The van der Waals surface area contributed by atoms with Crippen LogP contribution in [0.3, 0.4) is 0 Å². The summed E-state index contributed by atoms with van der Waals surface area (Å²) >= 11 is 1.74. The van der Waals surface area contributed by atoms with E-state index in [9.17, 15) is 4.79 Å². The van der Waals surface area contributed by atoms with Gasteiger partial charge in [0.05, 0.1) is 0 Å². The molecule has 3 aromatic heterocycles. The van der Waals surface area contributed by atoms with Crippen LogP contribution in [0.25, 0.3) is 10.1 Å². The van der Waals surface area contributed by atoms with E-state index in [1.165, 1.54) is 10.1 Å². The molecule has 4 rings (SSSR count). The van der Waals surface area contributed by atoms with Crippen LogP contribution in [0, 0.1) is 0 Å². The number of nitrogens with zero attached hydrogens (tertiary/aromatic N) is 4. The van der Waals surface area contributed by atoms with Crippen molar-refractivity contribution in [3.63, 3.8) is 0 Å². The van der Waals surface area contributed by atoms with Crippen LogP contribution in [0.2, 0.25) is 0 Å². The van der Waals surface area contributed by atoms with Gasteiger partial charge in [-0.3, -0.25) is 9.48 Å². The van der Waals surface area contributed by atoms with Crippen LogP contribution in [-0.4, -0.2) is 39.8 Å². The summed E-state index contributed by atoms with van der Waals surface area (Å²) < 4.78 is 2.87. The van der Waals surface area contributed by atoms with Gasteiger partial charge in [-0.1, -0.05) is 0 Å². The van der Waals surface area contributed by atoms with Crippen LogP contribution in [-0.2, 0) is 7.05 Å². The number of aryl methyl sites for hydroxylation is 1. The van der Waals surface area contributed by atoms with Gasteiger partial charge in [-0.05, 0) is 36.4 Å². The van der Waals surface area contributed by atoms with Gasteiger partial charge in [0.1, 0.15) is 11.5 Å². The number of rotatable bonds is 3. The lowest BCUT2D eigenvalue weighted by atomic mass is 10.0. The van der Waals surface area contributed by atoms with Gasteiger partial charge in [0.15, 0.2) is 0 Å². The van der Waals surface area contributed by atoms with Crippen LogP contribution >= 0.6 is 11.3 Å². The van der Waals surface area contributed by atoms with Crippen molar-refractivity contribution in [2.45, 2.75) is 18.9 Å². The Balaban J connectivity index is 1.41. The average molecular weight is 341 g/mol. The third kappa shape index (κ3) is 2.75. The molecule has 1 N–H and O–H groups in total. The molecule has 24 heavy (non-hydrogen) atoms. The summed E-state index contributed by atoms with van der Waals surface area (Å²) in [5, 5.41) is 10.5. The molecule has 1 fully saturated rings. The van der Waals surface area contributed by atoms with Crippen LogP contribution < -0.4 is 10.2 Å². The Hall–Kier alpha value is -2.41.